The molecule has 0 aliphatic heterocycles. The van der Waals surface area contributed by atoms with Gasteiger partial charge in [-0.3, -0.25) is 0 Å². The van der Waals surface area contributed by atoms with E-state index in [1.807, 2.05) is 0 Å². The highest BCUT2D eigenvalue weighted by molar-refractivity contribution is 9.10. The number of ether oxygens (including phenoxy) is 1. The molecule has 3 nitrogen and oxygen atoms in total. The van der Waals surface area contributed by atoms with E-state index in [-0.39, 0.29) is 25.8 Å². The molecule has 0 bridgehead atoms. The summed E-state index contributed by atoms with van der Waals surface area (Å²) >= 11 is 14.6. The zero-order valence-electron chi connectivity index (χ0n) is 6.97. The summed E-state index contributed by atoms with van der Waals surface area (Å²) in [4.78, 5) is 10.9. The molecule has 0 amide bonds. The molecule has 0 aliphatic rings. The number of halogens is 3. The molecule has 0 atom stereocenters. The quantitative estimate of drug-likeness (QED) is 0.851. The topological polar surface area (TPSA) is 46.5 Å². The van der Waals surface area contributed by atoms with Gasteiger partial charge in [0.05, 0.1) is 21.6 Å². The second-order valence-electron chi connectivity index (χ2n) is 2.37. The van der Waals surface area contributed by atoms with Crippen LogP contribution in [0.2, 0.25) is 10.0 Å². The number of carboxylic acids is 1. The summed E-state index contributed by atoms with van der Waals surface area (Å²) in [6.45, 7) is 0. The van der Waals surface area contributed by atoms with Crippen LogP contribution in [0.4, 0.5) is 0 Å². The van der Waals surface area contributed by atoms with Crippen molar-refractivity contribution in [2.24, 2.45) is 0 Å². The Balaban J connectivity index is 3.56. The average molecular weight is 300 g/mol. The maximum Gasteiger partial charge on any atom is 0.340 e. The highest BCUT2D eigenvalue weighted by Crippen LogP contribution is 2.39. The van der Waals surface area contributed by atoms with Crippen LogP contribution in [-0.2, 0) is 0 Å². The summed E-state index contributed by atoms with van der Waals surface area (Å²) < 4.78 is 5.13. The van der Waals surface area contributed by atoms with Crippen LogP contribution in [0.5, 0.6) is 5.75 Å². The number of methoxy groups -OCH3 is 1. The van der Waals surface area contributed by atoms with Crippen LogP contribution in [0, 0.1) is 0 Å². The Bertz CT molecular complexity index is 393. The van der Waals surface area contributed by atoms with Crippen molar-refractivity contribution >= 4 is 45.1 Å². The van der Waals surface area contributed by atoms with Crippen molar-refractivity contribution in [1.29, 1.82) is 0 Å². The molecule has 0 aliphatic carbocycles. The third-order valence-corrected chi connectivity index (χ3v) is 3.18. The standard InChI is InChI=1S/C8H5BrCl2O3/c1-14-7-4(11)2-3(10)6(9)5(7)8(12)13/h2H,1H3,(H,12,13). The van der Waals surface area contributed by atoms with Gasteiger partial charge in [-0.1, -0.05) is 23.2 Å². The van der Waals surface area contributed by atoms with Crippen LogP contribution in [0.3, 0.4) is 0 Å². The van der Waals surface area contributed by atoms with E-state index in [2.05, 4.69) is 15.9 Å². The van der Waals surface area contributed by atoms with Gasteiger partial charge in [0.1, 0.15) is 5.56 Å². The minimum Gasteiger partial charge on any atom is -0.494 e. The third kappa shape index (κ3) is 1.97. The monoisotopic (exact) mass is 298 g/mol. The summed E-state index contributed by atoms with van der Waals surface area (Å²) in [5, 5.41) is 9.29. The molecular formula is C8H5BrCl2O3. The first-order valence-electron chi connectivity index (χ1n) is 3.43. The molecule has 0 fully saturated rings. The molecule has 0 spiro atoms. The number of carbonyl (C=O) groups is 1. The van der Waals surface area contributed by atoms with Gasteiger partial charge in [0, 0.05) is 0 Å². The number of carboxylic acid groups (broad SMARTS) is 1. The lowest BCUT2D eigenvalue weighted by Crippen LogP contribution is -2.02. The number of aromatic carboxylic acids is 1. The van der Waals surface area contributed by atoms with Gasteiger partial charge in [0.15, 0.2) is 5.75 Å². The van der Waals surface area contributed by atoms with Gasteiger partial charge in [-0.25, -0.2) is 4.79 Å². The van der Waals surface area contributed by atoms with E-state index in [1.54, 1.807) is 0 Å². The van der Waals surface area contributed by atoms with Crippen LogP contribution >= 0.6 is 39.1 Å². The minimum absolute atomic E-state index is 0.0787. The minimum atomic E-state index is -1.15. The van der Waals surface area contributed by atoms with Gasteiger partial charge in [0.2, 0.25) is 0 Å². The Kier molecular flexibility index (Phi) is 3.64. The Labute approximate surface area is 98.7 Å². The summed E-state index contributed by atoms with van der Waals surface area (Å²) in [5.74, 6) is -1.06. The molecule has 1 aromatic rings. The number of hydrogen-bond acceptors (Lipinski definition) is 2. The number of hydrogen-bond donors (Lipinski definition) is 1. The molecule has 0 radical (unpaired) electrons. The number of rotatable bonds is 2. The van der Waals surface area contributed by atoms with Crippen LogP contribution in [0.15, 0.2) is 10.5 Å². The fraction of sp³-hybridized carbons (Fsp3) is 0.125. The Hall–Kier alpha value is -0.450. The maximum atomic E-state index is 10.9. The molecule has 0 saturated heterocycles. The zero-order chi connectivity index (χ0) is 10.9. The second kappa shape index (κ2) is 4.38. The molecule has 0 aromatic heterocycles. The van der Waals surface area contributed by atoms with Gasteiger partial charge in [0.25, 0.3) is 0 Å². The highest BCUT2D eigenvalue weighted by atomic mass is 79.9. The van der Waals surface area contributed by atoms with Gasteiger partial charge in [-0.15, -0.1) is 0 Å². The van der Waals surface area contributed by atoms with E-state index in [0.717, 1.165) is 0 Å². The first-order chi connectivity index (χ1) is 6.49. The average Bonchev–Trinajstić information content (AvgIpc) is 2.10. The van der Waals surface area contributed by atoms with Gasteiger partial charge in [-0.2, -0.15) is 0 Å². The van der Waals surface area contributed by atoms with Crippen LogP contribution < -0.4 is 4.74 Å². The lowest BCUT2D eigenvalue weighted by Gasteiger charge is -2.09. The maximum absolute atomic E-state index is 10.9. The summed E-state index contributed by atoms with van der Waals surface area (Å²) in [5.41, 5.74) is -0.0787. The van der Waals surface area contributed by atoms with Crippen molar-refractivity contribution < 1.29 is 14.6 Å². The van der Waals surface area contributed by atoms with Crippen molar-refractivity contribution in [3.63, 3.8) is 0 Å². The number of benzene rings is 1. The molecule has 0 unspecified atom stereocenters. The van der Waals surface area contributed by atoms with Gasteiger partial charge in [-0.05, 0) is 22.0 Å². The van der Waals surface area contributed by atoms with E-state index in [9.17, 15) is 4.79 Å². The smallest absolute Gasteiger partial charge is 0.340 e. The van der Waals surface area contributed by atoms with Crippen molar-refractivity contribution in [2.75, 3.05) is 7.11 Å². The molecule has 0 saturated carbocycles. The molecule has 1 aromatic carbocycles. The zero-order valence-corrected chi connectivity index (χ0v) is 10.1. The third-order valence-electron chi connectivity index (χ3n) is 1.54. The van der Waals surface area contributed by atoms with E-state index < -0.39 is 5.97 Å². The molecule has 14 heavy (non-hydrogen) atoms. The normalized spacial score (nSPS) is 10.0. The van der Waals surface area contributed by atoms with E-state index in [4.69, 9.17) is 33.0 Å². The second-order valence-corrected chi connectivity index (χ2v) is 3.97. The van der Waals surface area contributed by atoms with Crippen LogP contribution in [-0.4, -0.2) is 18.2 Å². The lowest BCUT2D eigenvalue weighted by atomic mass is 10.2. The molecule has 0 heterocycles. The Morgan fingerprint density at radius 1 is 1.50 bits per heavy atom. The molecule has 1 N–H and O–H groups in total. The van der Waals surface area contributed by atoms with Crippen LogP contribution in [0.1, 0.15) is 10.4 Å². The highest BCUT2D eigenvalue weighted by Gasteiger charge is 2.20. The van der Waals surface area contributed by atoms with Crippen molar-refractivity contribution in [3.8, 4) is 5.75 Å². The molecular weight excluding hydrogens is 295 g/mol. The lowest BCUT2D eigenvalue weighted by molar-refractivity contribution is 0.0692. The van der Waals surface area contributed by atoms with Crippen molar-refractivity contribution in [3.05, 3.63) is 26.1 Å². The predicted molar refractivity (Wildman–Crippen MR) is 57.7 cm³/mol. The summed E-state index contributed by atoms with van der Waals surface area (Å²) in [6.07, 6.45) is 0. The summed E-state index contributed by atoms with van der Waals surface area (Å²) in [6, 6.07) is 1.42. The molecule has 1 rings (SSSR count). The van der Waals surface area contributed by atoms with E-state index in [0.29, 0.717) is 0 Å². The Morgan fingerprint density at radius 2 is 2.07 bits per heavy atom. The van der Waals surface area contributed by atoms with E-state index in [1.165, 1.54) is 13.2 Å². The van der Waals surface area contributed by atoms with Gasteiger partial charge < -0.3 is 9.84 Å². The molecule has 6 heteroatoms. The van der Waals surface area contributed by atoms with E-state index >= 15 is 0 Å². The largest absolute Gasteiger partial charge is 0.494 e. The molecule has 76 valence electrons. The summed E-state index contributed by atoms with van der Waals surface area (Å²) in [7, 11) is 1.34. The fourth-order valence-corrected chi connectivity index (χ4v) is 1.97. The van der Waals surface area contributed by atoms with Gasteiger partial charge >= 0.3 is 5.97 Å². The SMILES string of the molecule is COc1c(Cl)cc(Cl)c(Br)c1C(=O)O. The predicted octanol–water partition coefficient (Wildman–Crippen LogP) is 3.46. The Morgan fingerprint density at radius 3 is 2.50 bits per heavy atom. The first-order valence-corrected chi connectivity index (χ1v) is 4.98. The van der Waals surface area contributed by atoms with Crippen LogP contribution in [0.25, 0.3) is 0 Å². The van der Waals surface area contributed by atoms with Crippen molar-refractivity contribution in [1.82, 2.24) is 0 Å². The first kappa shape index (κ1) is 11.6. The van der Waals surface area contributed by atoms with Crippen molar-refractivity contribution in [2.45, 2.75) is 0 Å². The fourth-order valence-electron chi connectivity index (χ4n) is 0.969.